The molecule has 30 heavy (non-hydrogen) atoms. The highest BCUT2D eigenvalue weighted by Crippen LogP contribution is 2.26. The average Bonchev–Trinajstić information content (AvgIpc) is 3.20. The molecule has 0 spiro atoms. The molecule has 0 saturated carbocycles. The summed E-state index contributed by atoms with van der Waals surface area (Å²) in [7, 11) is 1.64. The maximum absolute atomic E-state index is 12.7. The van der Waals surface area contributed by atoms with Gasteiger partial charge in [-0.3, -0.25) is 9.69 Å². The van der Waals surface area contributed by atoms with Gasteiger partial charge in [-0.1, -0.05) is 30.3 Å². The van der Waals surface area contributed by atoms with E-state index in [9.17, 15) is 9.59 Å². The number of carbonyl (C=O) groups is 2. The van der Waals surface area contributed by atoms with Gasteiger partial charge in [0, 0.05) is 42.0 Å². The Morgan fingerprint density at radius 2 is 1.83 bits per heavy atom. The summed E-state index contributed by atoms with van der Waals surface area (Å²) in [6, 6.07) is 22.7. The van der Waals surface area contributed by atoms with Crippen molar-refractivity contribution in [3.05, 3.63) is 89.5 Å². The number of nitrogens with one attached hydrogen (secondary N) is 2. The number of rotatable bonds is 6. The van der Waals surface area contributed by atoms with E-state index in [1.807, 2.05) is 36.4 Å². The van der Waals surface area contributed by atoms with Crippen LogP contribution in [0.1, 0.15) is 21.5 Å². The summed E-state index contributed by atoms with van der Waals surface area (Å²) in [5.41, 5.74) is 4.17. The molecule has 0 aliphatic carbocycles. The molecule has 0 radical (unpaired) electrons. The van der Waals surface area contributed by atoms with Crippen molar-refractivity contribution in [3.8, 4) is 5.75 Å². The molecule has 0 bridgehead atoms. The number of benzene rings is 3. The Bertz CT molecular complexity index is 1050. The van der Waals surface area contributed by atoms with Crippen molar-refractivity contribution < 1.29 is 14.3 Å². The second-order valence-corrected chi connectivity index (χ2v) is 7.07. The molecule has 0 atom stereocenters. The number of anilines is 2. The lowest BCUT2D eigenvalue weighted by Gasteiger charge is -2.15. The number of methoxy groups -OCH3 is 1. The predicted molar refractivity (Wildman–Crippen MR) is 117 cm³/mol. The molecule has 1 fully saturated rings. The number of hydrogen-bond donors (Lipinski definition) is 2. The summed E-state index contributed by atoms with van der Waals surface area (Å²) < 4.78 is 5.48. The number of carbonyl (C=O) groups excluding carboxylic acids is 2. The summed E-state index contributed by atoms with van der Waals surface area (Å²) in [6.45, 7) is 1.25. The van der Waals surface area contributed by atoms with Crippen molar-refractivity contribution in [1.82, 2.24) is 5.32 Å². The lowest BCUT2D eigenvalue weighted by atomic mass is 10.0. The van der Waals surface area contributed by atoms with Gasteiger partial charge in [-0.05, 0) is 48.0 Å². The van der Waals surface area contributed by atoms with Gasteiger partial charge in [-0.15, -0.1) is 0 Å². The molecule has 1 heterocycles. The summed E-state index contributed by atoms with van der Waals surface area (Å²) in [5, 5.41) is 5.71. The summed E-state index contributed by atoms with van der Waals surface area (Å²) in [5.74, 6) is 0.577. The van der Waals surface area contributed by atoms with Gasteiger partial charge in [-0.25, -0.2) is 4.79 Å². The fourth-order valence-corrected chi connectivity index (χ4v) is 3.52. The molecule has 0 aromatic heterocycles. The van der Waals surface area contributed by atoms with Gasteiger partial charge in [0.25, 0.3) is 5.91 Å². The van der Waals surface area contributed by atoms with Crippen molar-refractivity contribution >= 4 is 23.3 Å². The number of hydrogen-bond acceptors (Lipinski definition) is 3. The number of nitrogens with zero attached hydrogens (tertiary/aromatic N) is 1. The SMILES string of the molecule is COc1ccc(NC(=O)c2ccc(N3CCNC3=O)cc2)cc1Cc1ccccc1. The highest BCUT2D eigenvalue weighted by molar-refractivity contribution is 6.05. The summed E-state index contributed by atoms with van der Waals surface area (Å²) in [6.07, 6.45) is 0.709. The lowest BCUT2D eigenvalue weighted by molar-refractivity contribution is 0.102. The van der Waals surface area contributed by atoms with E-state index in [4.69, 9.17) is 4.74 Å². The minimum Gasteiger partial charge on any atom is -0.496 e. The maximum Gasteiger partial charge on any atom is 0.321 e. The first-order chi connectivity index (χ1) is 14.6. The van der Waals surface area contributed by atoms with Crippen LogP contribution in [0.3, 0.4) is 0 Å². The predicted octanol–water partition coefficient (Wildman–Crippen LogP) is 4.07. The largest absolute Gasteiger partial charge is 0.496 e. The highest BCUT2D eigenvalue weighted by Gasteiger charge is 2.21. The maximum atomic E-state index is 12.7. The van der Waals surface area contributed by atoms with Crippen molar-refractivity contribution in [1.29, 1.82) is 0 Å². The van der Waals surface area contributed by atoms with Crippen LogP contribution in [-0.4, -0.2) is 32.1 Å². The third kappa shape index (κ3) is 4.27. The van der Waals surface area contributed by atoms with E-state index < -0.39 is 0 Å². The first kappa shape index (κ1) is 19.5. The van der Waals surface area contributed by atoms with E-state index in [-0.39, 0.29) is 11.9 Å². The van der Waals surface area contributed by atoms with Gasteiger partial charge in [0.15, 0.2) is 0 Å². The molecule has 1 saturated heterocycles. The molecular weight excluding hydrogens is 378 g/mol. The van der Waals surface area contributed by atoms with Crippen LogP contribution in [0, 0.1) is 0 Å². The Morgan fingerprint density at radius 3 is 2.50 bits per heavy atom. The number of ether oxygens (including phenoxy) is 1. The van der Waals surface area contributed by atoms with Crippen molar-refractivity contribution in [2.45, 2.75) is 6.42 Å². The molecular formula is C24H23N3O3. The van der Waals surface area contributed by atoms with Gasteiger partial charge in [-0.2, -0.15) is 0 Å². The van der Waals surface area contributed by atoms with Crippen molar-refractivity contribution in [2.75, 3.05) is 30.4 Å². The Kier molecular flexibility index (Phi) is 5.66. The van der Waals surface area contributed by atoms with Crippen LogP contribution in [0.2, 0.25) is 0 Å². The fraction of sp³-hybridized carbons (Fsp3) is 0.167. The van der Waals surface area contributed by atoms with Gasteiger partial charge in [0.2, 0.25) is 0 Å². The molecule has 1 aliphatic rings. The lowest BCUT2D eigenvalue weighted by Crippen LogP contribution is -2.27. The van der Waals surface area contributed by atoms with Crippen LogP contribution in [0.4, 0.5) is 16.2 Å². The smallest absolute Gasteiger partial charge is 0.321 e. The molecule has 3 aromatic carbocycles. The molecule has 3 aromatic rings. The van der Waals surface area contributed by atoms with E-state index >= 15 is 0 Å². The Hall–Kier alpha value is -3.80. The van der Waals surface area contributed by atoms with Crippen molar-refractivity contribution in [2.24, 2.45) is 0 Å². The molecule has 2 N–H and O–H groups in total. The Balaban J connectivity index is 1.48. The number of amides is 3. The summed E-state index contributed by atoms with van der Waals surface area (Å²) >= 11 is 0. The minimum atomic E-state index is -0.205. The zero-order valence-electron chi connectivity index (χ0n) is 16.7. The standard InChI is InChI=1S/C24H23N3O3/c1-30-22-12-9-20(16-19(22)15-17-5-3-2-4-6-17)26-23(28)18-7-10-21(11-8-18)27-14-13-25-24(27)29/h2-12,16H,13-15H2,1H3,(H,25,29)(H,26,28). The highest BCUT2D eigenvalue weighted by atomic mass is 16.5. The van der Waals surface area contributed by atoms with Crippen LogP contribution in [0.5, 0.6) is 5.75 Å². The molecule has 3 amide bonds. The van der Waals surface area contributed by atoms with E-state index in [1.165, 1.54) is 5.56 Å². The molecule has 6 heteroatoms. The molecule has 1 aliphatic heterocycles. The van der Waals surface area contributed by atoms with Crippen LogP contribution in [0.25, 0.3) is 0 Å². The third-order valence-electron chi connectivity index (χ3n) is 5.07. The zero-order chi connectivity index (χ0) is 20.9. The van der Waals surface area contributed by atoms with Crippen LogP contribution in [0.15, 0.2) is 72.8 Å². The van der Waals surface area contributed by atoms with Gasteiger partial charge < -0.3 is 15.4 Å². The van der Waals surface area contributed by atoms with Crippen LogP contribution >= 0.6 is 0 Å². The monoisotopic (exact) mass is 401 g/mol. The summed E-state index contributed by atoms with van der Waals surface area (Å²) in [4.78, 5) is 26.1. The van der Waals surface area contributed by atoms with Crippen molar-refractivity contribution in [3.63, 3.8) is 0 Å². The first-order valence-corrected chi connectivity index (χ1v) is 9.81. The van der Waals surface area contributed by atoms with E-state index in [0.29, 0.717) is 30.8 Å². The molecule has 6 nitrogen and oxygen atoms in total. The normalized spacial score (nSPS) is 13.1. The Labute approximate surface area is 175 Å². The zero-order valence-corrected chi connectivity index (χ0v) is 16.7. The van der Waals surface area contributed by atoms with E-state index in [2.05, 4.69) is 22.8 Å². The molecule has 4 rings (SSSR count). The van der Waals surface area contributed by atoms with E-state index in [1.54, 1.807) is 36.3 Å². The second kappa shape index (κ2) is 8.69. The topological polar surface area (TPSA) is 70.7 Å². The number of urea groups is 1. The Morgan fingerprint density at radius 1 is 1.07 bits per heavy atom. The van der Waals surface area contributed by atoms with Gasteiger partial charge in [0.1, 0.15) is 5.75 Å². The van der Waals surface area contributed by atoms with Crippen LogP contribution in [-0.2, 0) is 6.42 Å². The van der Waals surface area contributed by atoms with Crippen LogP contribution < -0.4 is 20.3 Å². The third-order valence-corrected chi connectivity index (χ3v) is 5.07. The average molecular weight is 401 g/mol. The first-order valence-electron chi connectivity index (χ1n) is 9.81. The molecule has 0 unspecified atom stereocenters. The quantitative estimate of drug-likeness (QED) is 0.654. The minimum absolute atomic E-state index is 0.114. The fourth-order valence-electron chi connectivity index (χ4n) is 3.52. The van der Waals surface area contributed by atoms with Gasteiger partial charge in [0.05, 0.1) is 7.11 Å². The second-order valence-electron chi connectivity index (χ2n) is 7.07. The van der Waals surface area contributed by atoms with Gasteiger partial charge >= 0.3 is 6.03 Å². The molecule has 152 valence electrons. The van der Waals surface area contributed by atoms with E-state index in [0.717, 1.165) is 17.0 Å².